The lowest BCUT2D eigenvalue weighted by atomic mass is 9.94. The summed E-state index contributed by atoms with van der Waals surface area (Å²) in [7, 11) is 0. The maximum absolute atomic E-state index is 12.6. The summed E-state index contributed by atoms with van der Waals surface area (Å²) < 4.78 is 52.6. The van der Waals surface area contributed by atoms with Crippen LogP contribution >= 0.6 is 0 Å². The second-order valence-electron chi connectivity index (χ2n) is 7.88. The van der Waals surface area contributed by atoms with E-state index < -0.39 is 12.3 Å². The first-order valence-corrected chi connectivity index (χ1v) is 10.8. The first kappa shape index (κ1) is 22.8. The normalized spacial score (nSPS) is 14.2. The van der Waals surface area contributed by atoms with Gasteiger partial charge in [0.15, 0.2) is 0 Å². The molecule has 174 valence electrons. The van der Waals surface area contributed by atoms with Crippen molar-refractivity contribution in [3.63, 3.8) is 0 Å². The molecule has 0 radical (unpaired) electrons. The van der Waals surface area contributed by atoms with E-state index >= 15 is 0 Å². The van der Waals surface area contributed by atoms with Crippen LogP contribution in [0.4, 0.5) is 18.9 Å². The second-order valence-corrected chi connectivity index (χ2v) is 7.88. The van der Waals surface area contributed by atoms with Gasteiger partial charge in [-0.15, -0.1) is 13.2 Å². The van der Waals surface area contributed by atoms with E-state index in [9.17, 15) is 18.0 Å². The lowest BCUT2D eigenvalue weighted by Crippen LogP contribution is -2.17. The third-order valence-corrected chi connectivity index (χ3v) is 5.48. The quantitative estimate of drug-likeness (QED) is 0.419. The van der Waals surface area contributed by atoms with Crippen molar-refractivity contribution in [2.24, 2.45) is 0 Å². The molecule has 0 unspecified atom stereocenters. The number of furan rings is 1. The fourth-order valence-electron chi connectivity index (χ4n) is 4.07. The highest BCUT2D eigenvalue weighted by Gasteiger charge is 2.31. The molecule has 0 bridgehead atoms. The molecular formula is C25H24F3NO4. The first-order chi connectivity index (χ1) is 15.7. The topological polar surface area (TPSA) is 60.7 Å². The smallest absolute Gasteiger partial charge is 0.493 e. The van der Waals surface area contributed by atoms with Crippen LogP contribution in [-0.2, 0) is 17.6 Å². The number of amides is 1. The molecule has 2 aromatic carbocycles. The minimum absolute atomic E-state index is 0.350. The molecule has 0 fully saturated rings. The standard InChI is InChI=1S/C25H24F3NO4/c1-3-31-22-14-23-20(18-6-4-5-7-21(18)32-23)13-19(22)15(2)12-24(30)29-16-8-10-17(11-9-16)33-25(26,27)28/h8-14H,3-7H2,1-2H3,(H,29,30)/b15-12+. The van der Waals surface area contributed by atoms with Crippen molar-refractivity contribution in [2.75, 3.05) is 11.9 Å². The molecule has 8 heteroatoms. The van der Waals surface area contributed by atoms with E-state index in [2.05, 4.69) is 10.1 Å². The molecular weight excluding hydrogens is 435 g/mol. The predicted molar refractivity (Wildman–Crippen MR) is 119 cm³/mol. The summed E-state index contributed by atoms with van der Waals surface area (Å²) >= 11 is 0. The Kier molecular flexibility index (Phi) is 6.35. The van der Waals surface area contributed by atoms with Crippen LogP contribution in [0.25, 0.3) is 16.5 Å². The van der Waals surface area contributed by atoms with Gasteiger partial charge in [0.05, 0.1) is 6.61 Å². The zero-order valence-corrected chi connectivity index (χ0v) is 18.3. The Balaban J connectivity index is 1.57. The average molecular weight is 459 g/mol. The van der Waals surface area contributed by atoms with Gasteiger partial charge >= 0.3 is 6.36 Å². The van der Waals surface area contributed by atoms with Crippen LogP contribution in [0, 0.1) is 0 Å². The highest BCUT2D eigenvalue weighted by atomic mass is 19.4. The van der Waals surface area contributed by atoms with Crippen LogP contribution in [-0.4, -0.2) is 18.9 Å². The van der Waals surface area contributed by atoms with Crippen LogP contribution in [0.1, 0.15) is 43.6 Å². The number of aryl methyl sites for hydroxylation is 2. The summed E-state index contributed by atoms with van der Waals surface area (Å²) in [6.07, 6.45) is 0.795. The SMILES string of the molecule is CCOc1cc2oc3c(c2cc1/C(C)=C/C(=O)Nc1ccc(OC(F)(F)F)cc1)CCCC3. The first-order valence-electron chi connectivity index (χ1n) is 10.8. The third-order valence-electron chi connectivity index (χ3n) is 5.48. The Morgan fingerprint density at radius 3 is 2.58 bits per heavy atom. The van der Waals surface area contributed by atoms with Crippen molar-refractivity contribution in [1.29, 1.82) is 0 Å². The minimum atomic E-state index is -4.77. The highest BCUT2D eigenvalue weighted by Crippen LogP contribution is 2.38. The van der Waals surface area contributed by atoms with Gasteiger partial charge in [-0.2, -0.15) is 0 Å². The zero-order valence-electron chi connectivity index (χ0n) is 18.3. The van der Waals surface area contributed by atoms with Crippen LogP contribution in [0.2, 0.25) is 0 Å². The van der Waals surface area contributed by atoms with E-state index in [1.807, 2.05) is 26.0 Å². The molecule has 1 N–H and O–H groups in total. The van der Waals surface area contributed by atoms with Crippen LogP contribution in [0.5, 0.6) is 11.5 Å². The number of carbonyl (C=O) groups excluding carboxylic acids is 1. The van der Waals surface area contributed by atoms with Gasteiger partial charge in [0.25, 0.3) is 0 Å². The van der Waals surface area contributed by atoms with Crippen molar-refractivity contribution < 1.29 is 31.9 Å². The number of rotatable bonds is 6. The van der Waals surface area contributed by atoms with Crippen molar-refractivity contribution >= 4 is 28.1 Å². The molecule has 1 heterocycles. The van der Waals surface area contributed by atoms with Crippen LogP contribution < -0.4 is 14.8 Å². The van der Waals surface area contributed by atoms with E-state index in [0.717, 1.165) is 60.1 Å². The molecule has 0 saturated carbocycles. The Hall–Kier alpha value is -3.42. The number of alkyl halides is 3. The van der Waals surface area contributed by atoms with Gasteiger partial charge in [-0.1, -0.05) is 0 Å². The fourth-order valence-corrected chi connectivity index (χ4v) is 4.07. The lowest BCUT2D eigenvalue weighted by molar-refractivity contribution is -0.274. The summed E-state index contributed by atoms with van der Waals surface area (Å²) in [6.45, 7) is 4.17. The van der Waals surface area contributed by atoms with Gasteiger partial charge in [-0.05, 0) is 69.0 Å². The predicted octanol–water partition coefficient (Wildman–Crippen LogP) is 6.65. The van der Waals surface area contributed by atoms with Crippen molar-refractivity contribution in [1.82, 2.24) is 0 Å². The molecule has 0 saturated heterocycles. The number of ether oxygens (including phenoxy) is 2. The maximum Gasteiger partial charge on any atom is 0.573 e. The van der Waals surface area contributed by atoms with E-state index in [1.165, 1.54) is 23.8 Å². The molecule has 33 heavy (non-hydrogen) atoms. The monoisotopic (exact) mass is 459 g/mol. The van der Waals surface area contributed by atoms with Crippen LogP contribution in [0.15, 0.2) is 46.9 Å². The number of nitrogens with one attached hydrogen (secondary N) is 1. The third kappa shape index (κ3) is 5.32. The highest BCUT2D eigenvalue weighted by molar-refractivity contribution is 6.04. The van der Waals surface area contributed by atoms with Gasteiger partial charge in [-0.3, -0.25) is 4.79 Å². The summed E-state index contributed by atoms with van der Waals surface area (Å²) in [6, 6.07) is 8.86. The largest absolute Gasteiger partial charge is 0.573 e. The van der Waals surface area contributed by atoms with Crippen LogP contribution in [0.3, 0.4) is 0 Å². The maximum atomic E-state index is 12.6. The molecule has 0 aliphatic heterocycles. The molecule has 1 aromatic heterocycles. The van der Waals surface area contributed by atoms with E-state index in [4.69, 9.17) is 9.15 Å². The van der Waals surface area contributed by atoms with Gasteiger partial charge in [0, 0.05) is 40.8 Å². The summed E-state index contributed by atoms with van der Waals surface area (Å²) in [4.78, 5) is 12.6. The second kappa shape index (κ2) is 9.21. The van der Waals surface area contributed by atoms with E-state index in [0.29, 0.717) is 23.6 Å². The number of anilines is 1. The van der Waals surface area contributed by atoms with Crippen molar-refractivity contribution in [3.05, 3.63) is 59.4 Å². The number of allylic oxidation sites excluding steroid dienone is 1. The van der Waals surface area contributed by atoms with Gasteiger partial charge in [0.2, 0.25) is 5.91 Å². The molecule has 4 rings (SSSR count). The number of benzene rings is 2. The molecule has 1 aliphatic rings. The van der Waals surface area contributed by atoms with Gasteiger partial charge in [-0.25, -0.2) is 0 Å². The molecule has 5 nitrogen and oxygen atoms in total. The minimum Gasteiger partial charge on any atom is -0.493 e. The number of hydrogen-bond acceptors (Lipinski definition) is 4. The number of carbonyl (C=O) groups is 1. The Morgan fingerprint density at radius 1 is 1.15 bits per heavy atom. The number of fused-ring (bicyclic) bond motifs is 3. The average Bonchev–Trinajstić information content (AvgIpc) is 3.11. The summed E-state index contributed by atoms with van der Waals surface area (Å²) in [5.41, 5.74) is 3.85. The Labute approximate surface area is 189 Å². The lowest BCUT2D eigenvalue weighted by Gasteiger charge is -2.12. The number of halogens is 3. The van der Waals surface area contributed by atoms with Gasteiger partial charge < -0.3 is 19.2 Å². The van der Waals surface area contributed by atoms with E-state index in [1.54, 1.807) is 0 Å². The molecule has 3 aromatic rings. The van der Waals surface area contributed by atoms with Crippen molar-refractivity contribution in [2.45, 2.75) is 45.9 Å². The number of hydrogen-bond donors (Lipinski definition) is 1. The van der Waals surface area contributed by atoms with Crippen molar-refractivity contribution in [3.8, 4) is 11.5 Å². The molecule has 1 amide bonds. The van der Waals surface area contributed by atoms with Gasteiger partial charge in [0.1, 0.15) is 22.8 Å². The Bertz CT molecular complexity index is 1190. The molecule has 0 spiro atoms. The molecule has 1 aliphatic carbocycles. The zero-order chi connectivity index (χ0) is 23.6. The summed E-state index contributed by atoms with van der Waals surface area (Å²) in [5.74, 6) is 0.888. The Morgan fingerprint density at radius 2 is 1.88 bits per heavy atom. The molecule has 0 atom stereocenters. The summed E-state index contributed by atoms with van der Waals surface area (Å²) in [5, 5.41) is 3.69. The van der Waals surface area contributed by atoms with E-state index in [-0.39, 0.29) is 5.75 Å². The fraction of sp³-hybridized carbons (Fsp3) is 0.320.